The zero-order valence-corrected chi connectivity index (χ0v) is 10.6. The summed E-state index contributed by atoms with van der Waals surface area (Å²) in [7, 11) is 0. The second-order valence-corrected chi connectivity index (χ2v) is 4.35. The van der Waals surface area contributed by atoms with Gasteiger partial charge in [-0.25, -0.2) is 17.6 Å². The lowest BCUT2D eigenvalue weighted by atomic mass is 10.1. The van der Waals surface area contributed by atoms with Gasteiger partial charge in [0.15, 0.2) is 34.8 Å². The third kappa shape index (κ3) is 2.35. The second-order valence-electron chi connectivity index (χ2n) is 4.35. The molecular formula is C14H9F4NO2. The first-order valence-corrected chi connectivity index (χ1v) is 6.02. The van der Waals surface area contributed by atoms with Crippen molar-refractivity contribution in [2.45, 2.75) is 6.54 Å². The lowest BCUT2D eigenvalue weighted by molar-refractivity contribution is 0.173. The van der Waals surface area contributed by atoms with Crippen molar-refractivity contribution in [2.75, 3.05) is 12.1 Å². The molecular weight excluding hydrogens is 290 g/mol. The lowest BCUT2D eigenvalue weighted by Gasteiger charge is -2.11. The molecule has 21 heavy (non-hydrogen) atoms. The smallest absolute Gasteiger partial charge is 0.231 e. The summed E-state index contributed by atoms with van der Waals surface area (Å²) in [5.74, 6) is -4.94. The van der Waals surface area contributed by atoms with Gasteiger partial charge in [0.1, 0.15) is 5.69 Å². The topological polar surface area (TPSA) is 30.5 Å². The number of ether oxygens (including phenoxy) is 2. The molecule has 1 aliphatic heterocycles. The molecule has 0 radical (unpaired) electrons. The van der Waals surface area contributed by atoms with Gasteiger partial charge in [0, 0.05) is 18.2 Å². The Balaban J connectivity index is 1.88. The highest BCUT2D eigenvalue weighted by molar-refractivity contribution is 5.52. The van der Waals surface area contributed by atoms with Gasteiger partial charge in [0.2, 0.25) is 6.79 Å². The van der Waals surface area contributed by atoms with Crippen LogP contribution in [0.1, 0.15) is 5.56 Å². The van der Waals surface area contributed by atoms with Gasteiger partial charge in [-0.3, -0.25) is 0 Å². The van der Waals surface area contributed by atoms with Crippen molar-refractivity contribution in [3.05, 3.63) is 53.1 Å². The van der Waals surface area contributed by atoms with E-state index in [1.54, 1.807) is 18.2 Å². The first-order chi connectivity index (χ1) is 10.1. The molecule has 1 aliphatic rings. The van der Waals surface area contributed by atoms with Crippen LogP contribution in [0.25, 0.3) is 0 Å². The van der Waals surface area contributed by atoms with Crippen LogP contribution in [-0.4, -0.2) is 6.79 Å². The number of benzene rings is 2. The van der Waals surface area contributed by atoms with Crippen LogP contribution in [-0.2, 0) is 6.54 Å². The molecule has 1 heterocycles. The standard InChI is InChI=1S/C14H9F4NO2/c15-8-4-9(16)12(18)13(11(8)17)19-5-7-2-1-3-10-14(7)21-6-20-10/h1-4,19H,5-6H2. The zero-order chi connectivity index (χ0) is 15.0. The maximum atomic E-state index is 13.5. The minimum Gasteiger partial charge on any atom is -0.454 e. The second kappa shape index (κ2) is 5.16. The molecule has 0 bridgehead atoms. The first-order valence-electron chi connectivity index (χ1n) is 6.02. The van der Waals surface area contributed by atoms with E-state index in [1.165, 1.54) is 0 Å². The largest absolute Gasteiger partial charge is 0.454 e. The lowest BCUT2D eigenvalue weighted by Crippen LogP contribution is -2.07. The normalized spacial score (nSPS) is 12.6. The Morgan fingerprint density at radius 2 is 1.71 bits per heavy atom. The van der Waals surface area contributed by atoms with E-state index in [0.29, 0.717) is 17.1 Å². The monoisotopic (exact) mass is 299 g/mol. The number of fused-ring (bicyclic) bond motifs is 1. The molecule has 0 amide bonds. The van der Waals surface area contributed by atoms with Gasteiger partial charge in [-0.05, 0) is 6.07 Å². The Kier molecular flexibility index (Phi) is 3.32. The number of hydrogen-bond donors (Lipinski definition) is 1. The molecule has 2 aromatic rings. The van der Waals surface area contributed by atoms with E-state index >= 15 is 0 Å². The van der Waals surface area contributed by atoms with Gasteiger partial charge < -0.3 is 14.8 Å². The average molecular weight is 299 g/mol. The summed E-state index contributed by atoms with van der Waals surface area (Å²) in [5.41, 5.74) is -0.308. The Morgan fingerprint density at radius 3 is 2.43 bits per heavy atom. The molecule has 0 aliphatic carbocycles. The van der Waals surface area contributed by atoms with Crippen molar-refractivity contribution in [1.29, 1.82) is 0 Å². The summed E-state index contributed by atoms with van der Waals surface area (Å²) in [6.45, 7) is -0.0348. The van der Waals surface area contributed by atoms with Crippen molar-refractivity contribution in [2.24, 2.45) is 0 Å². The minimum atomic E-state index is -1.47. The van der Waals surface area contributed by atoms with Crippen LogP contribution in [0, 0.1) is 23.3 Å². The Morgan fingerprint density at radius 1 is 1.00 bits per heavy atom. The summed E-state index contributed by atoms with van der Waals surface area (Å²) in [6, 6.07) is 5.15. The predicted octanol–water partition coefficient (Wildman–Crippen LogP) is 3.58. The summed E-state index contributed by atoms with van der Waals surface area (Å²) in [6.07, 6.45) is 0. The Bertz CT molecular complexity index is 680. The van der Waals surface area contributed by atoms with E-state index in [-0.39, 0.29) is 19.4 Å². The van der Waals surface area contributed by atoms with Gasteiger partial charge in [0.05, 0.1) is 0 Å². The SMILES string of the molecule is Fc1cc(F)c(F)c(NCc2cccc3c2OCO3)c1F. The molecule has 0 spiro atoms. The highest BCUT2D eigenvalue weighted by atomic mass is 19.2. The molecule has 3 nitrogen and oxygen atoms in total. The van der Waals surface area contributed by atoms with E-state index in [4.69, 9.17) is 9.47 Å². The highest BCUT2D eigenvalue weighted by Gasteiger charge is 2.21. The summed E-state index contributed by atoms with van der Waals surface area (Å²) in [4.78, 5) is 0. The fraction of sp³-hybridized carbons (Fsp3) is 0.143. The van der Waals surface area contributed by atoms with E-state index in [1.807, 2.05) is 0 Å². The molecule has 1 N–H and O–H groups in total. The quantitative estimate of drug-likeness (QED) is 0.694. The molecule has 2 aromatic carbocycles. The van der Waals surface area contributed by atoms with Crippen LogP contribution < -0.4 is 14.8 Å². The minimum absolute atomic E-state index is 0.0453. The van der Waals surface area contributed by atoms with E-state index in [2.05, 4.69) is 5.32 Å². The van der Waals surface area contributed by atoms with Gasteiger partial charge in [-0.15, -0.1) is 0 Å². The number of hydrogen-bond acceptors (Lipinski definition) is 3. The molecule has 0 saturated carbocycles. The average Bonchev–Trinajstić information content (AvgIpc) is 2.94. The van der Waals surface area contributed by atoms with Crippen LogP contribution in [0.4, 0.5) is 23.2 Å². The van der Waals surface area contributed by atoms with E-state index < -0.39 is 29.0 Å². The van der Waals surface area contributed by atoms with Crippen molar-refractivity contribution >= 4 is 5.69 Å². The molecule has 0 aromatic heterocycles. The fourth-order valence-electron chi connectivity index (χ4n) is 2.04. The molecule has 0 atom stereocenters. The Hall–Kier alpha value is -2.44. The van der Waals surface area contributed by atoms with Gasteiger partial charge in [0.25, 0.3) is 0 Å². The van der Waals surface area contributed by atoms with Crippen molar-refractivity contribution in [1.82, 2.24) is 0 Å². The maximum Gasteiger partial charge on any atom is 0.231 e. The predicted molar refractivity (Wildman–Crippen MR) is 66.2 cm³/mol. The molecule has 7 heteroatoms. The number of anilines is 1. The highest BCUT2D eigenvalue weighted by Crippen LogP contribution is 2.36. The number of nitrogens with one attached hydrogen (secondary N) is 1. The molecule has 0 saturated heterocycles. The van der Waals surface area contributed by atoms with E-state index in [9.17, 15) is 17.6 Å². The first kappa shape index (κ1) is 13.5. The third-order valence-corrected chi connectivity index (χ3v) is 3.05. The zero-order valence-electron chi connectivity index (χ0n) is 10.6. The van der Waals surface area contributed by atoms with Crippen LogP contribution in [0.2, 0.25) is 0 Å². The third-order valence-electron chi connectivity index (χ3n) is 3.05. The fourth-order valence-corrected chi connectivity index (χ4v) is 2.04. The molecule has 3 rings (SSSR count). The van der Waals surface area contributed by atoms with Gasteiger partial charge >= 0.3 is 0 Å². The number of para-hydroxylation sites is 1. The van der Waals surface area contributed by atoms with Crippen LogP contribution >= 0.6 is 0 Å². The van der Waals surface area contributed by atoms with Crippen LogP contribution in [0.3, 0.4) is 0 Å². The molecule has 0 fully saturated rings. The van der Waals surface area contributed by atoms with Crippen molar-refractivity contribution < 1.29 is 27.0 Å². The van der Waals surface area contributed by atoms with Crippen LogP contribution in [0.5, 0.6) is 11.5 Å². The van der Waals surface area contributed by atoms with E-state index in [0.717, 1.165) is 0 Å². The van der Waals surface area contributed by atoms with Crippen molar-refractivity contribution in [3.8, 4) is 11.5 Å². The summed E-state index contributed by atoms with van der Waals surface area (Å²) < 4.78 is 63.6. The summed E-state index contributed by atoms with van der Waals surface area (Å²) in [5, 5.41) is 2.34. The van der Waals surface area contributed by atoms with Crippen LogP contribution in [0.15, 0.2) is 24.3 Å². The molecule has 0 unspecified atom stereocenters. The molecule has 110 valence electrons. The van der Waals surface area contributed by atoms with Crippen molar-refractivity contribution in [3.63, 3.8) is 0 Å². The van der Waals surface area contributed by atoms with Gasteiger partial charge in [-0.2, -0.15) is 0 Å². The Labute approximate surface area is 117 Å². The summed E-state index contributed by atoms with van der Waals surface area (Å²) >= 11 is 0. The van der Waals surface area contributed by atoms with Gasteiger partial charge in [-0.1, -0.05) is 12.1 Å². The number of halogens is 4. The number of rotatable bonds is 3. The maximum absolute atomic E-state index is 13.5.